The van der Waals surface area contributed by atoms with Crippen molar-refractivity contribution in [1.29, 1.82) is 0 Å². The average Bonchev–Trinajstić information content (AvgIpc) is 3.39. The van der Waals surface area contributed by atoms with Crippen LogP contribution in [-0.4, -0.2) is 195 Å². The average molecular weight is 1130 g/mol. The lowest BCUT2D eigenvalue weighted by Crippen LogP contribution is -2.45. The van der Waals surface area contributed by atoms with Crippen LogP contribution in [0.3, 0.4) is 0 Å². The van der Waals surface area contributed by atoms with Crippen LogP contribution in [0.1, 0.15) is 167 Å². The number of aliphatic hydroxyl groups excluding tert-OH is 1. The molecule has 0 rings (SSSR count). The number of carbonyl (C=O) groups excluding carboxylic acids is 6. The fourth-order valence-corrected chi connectivity index (χ4v) is 7.95. The zero-order chi connectivity index (χ0) is 58.9. The van der Waals surface area contributed by atoms with Gasteiger partial charge in [0.2, 0.25) is 29.5 Å². The molecule has 0 heterocycles. The molecule has 0 fully saturated rings. The smallest absolute Gasteiger partial charge is 0.326 e. The van der Waals surface area contributed by atoms with Crippen molar-refractivity contribution in [3.8, 4) is 0 Å². The van der Waals surface area contributed by atoms with E-state index in [0.717, 1.165) is 44.9 Å². The highest BCUT2D eigenvalue weighted by molar-refractivity contribution is 5.87. The van der Waals surface area contributed by atoms with Crippen molar-refractivity contribution >= 4 is 59.2 Å². The molecular weight excluding hydrogens is 1040 g/mol. The Kier molecular flexibility index (Phi) is 46.3. The van der Waals surface area contributed by atoms with Gasteiger partial charge in [-0.3, -0.25) is 43.7 Å². The Hall–Kier alpha value is -5.38. The highest BCUT2D eigenvalue weighted by atomic mass is 16.5. The SMILES string of the molecule is CN[C@@H](CCCCNC(=O)CC[C@H](NC(=O)CC[C@H](NC(=O)COCCOCCNC(=O)COCCOCCNC(=O)CC[C@H](NC(O)CCCCCCCCCCCCCCCCC(=O)O)C(=O)O)C(=O)O)C(=O)O)C(C)=O. The third kappa shape index (κ3) is 46.1. The van der Waals surface area contributed by atoms with Crippen LogP contribution >= 0.6 is 0 Å². The van der Waals surface area contributed by atoms with Gasteiger partial charge in [-0.15, -0.1) is 0 Å². The third-order valence-electron chi connectivity index (χ3n) is 12.5. The van der Waals surface area contributed by atoms with Crippen molar-refractivity contribution in [1.82, 2.24) is 37.2 Å². The molecule has 0 saturated heterocycles. The maximum atomic E-state index is 12.5. The molecule has 1 unspecified atom stereocenters. The number of likely N-dealkylation sites (N-methyl/N-ethyl adjacent to an activating group) is 1. The van der Waals surface area contributed by atoms with Crippen molar-refractivity contribution < 1.29 is 92.4 Å². The largest absolute Gasteiger partial charge is 0.481 e. The molecule has 0 aliphatic carbocycles. The summed E-state index contributed by atoms with van der Waals surface area (Å²) in [4.78, 5) is 118. The maximum Gasteiger partial charge on any atom is 0.326 e. The monoisotopic (exact) mass is 1130 g/mol. The van der Waals surface area contributed by atoms with E-state index in [-0.39, 0.29) is 116 Å². The number of ketones is 1. The first-order valence-electron chi connectivity index (χ1n) is 28.1. The van der Waals surface area contributed by atoms with Gasteiger partial charge in [0.05, 0.1) is 45.7 Å². The molecule has 79 heavy (non-hydrogen) atoms. The van der Waals surface area contributed by atoms with Gasteiger partial charge >= 0.3 is 23.9 Å². The molecule has 0 saturated carbocycles. The summed E-state index contributed by atoms with van der Waals surface area (Å²) in [7, 11) is 1.69. The summed E-state index contributed by atoms with van der Waals surface area (Å²) in [5, 5.41) is 65.7. The van der Waals surface area contributed by atoms with E-state index < -0.39 is 84.9 Å². The lowest BCUT2D eigenvalue weighted by atomic mass is 10.0. The molecular formula is C53H95N7O19. The molecule has 26 heteroatoms. The van der Waals surface area contributed by atoms with E-state index in [2.05, 4.69) is 37.2 Å². The van der Waals surface area contributed by atoms with Crippen LogP contribution in [0.4, 0.5) is 0 Å². The summed E-state index contributed by atoms with van der Waals surface area (Å²) in [6.45, 7) is 1.90. The molecule has 0 aliphatic rings. The van der Waals surface area contributed by atoms with Crippen molar-refractivity contribution in [2.45, 2.75) is 198 Å². The van der Waals surface area contributed by atoms with Gasteiger partial charge < -0.3 is 76.4 Å². The Morgan fingerprint density at radius 1 is 0.380 bits per heavy atom. The summed E-state index contributed by atoms with van der Waals surface area (Å²) in [5.74, 6) is -7.42. The number of carboxylic acids is 4. The molecule has 0 radical (unpaired) electrons. The number of nitrogens with one attached hydrogen (secondary N) is 7. The lowest BCUT2D eigenvalue weighted by Gasteiger charge is -2.19. The van der Waals surface area contributed by atoms with Gasteiger partial charge in [0.25, 0.3) is 0 Å². The number of hydrogen-bond acceptors (Lipinski definition) is 17. The Morgan fingerprint density at radius 3 is 1.24 bits per heavy atom. The number of aliphatic carboxylic acids is 4. The second kappa shape index (κ2) is 49.6. The molecule has 0 aromatic carbocycles. The number of carboxylic acid groups (broad SMARTS) is 4. The molecule has 456 valence electrons. The molecule has 0 spiro atoms. The van der Waals surface area contributed by atoms with Crippen LogP contribution in [0.15, 0.2) is 0 Å². The van der Waals surface area contributed by atoms with E-state index >= 15 is 0 Å². The first kappa shape index (κ1) is 73.6. The van der Waals surface area contributed by atoms with Crippen molar-refractivity contribution in [3.05, 3.63) is 0 Å². The Bertz CT molecular complexity index is 1750. The summed E-state index contributed by atoms with van der Waals surface area (Å²) in [6, 6.07) is -4.22. The minimum Gasteiger partial charge on any atom is -0.481 e. The van der Waals surface area contributed by atoms with Gasteiger partial charge in [-0.25, -0.2) is 9.59 Å². The number of ether oxygens (including phenoxy) is 4. The second-order valence-electron chi connectivity index (χ2n) is 19.3. The second-order valence-corrected chi connectivity index (χ2v) is 19.3. The zero-order valence-corrected chi connectivity index (χ0v) is 46.8. The summed E-state index contributed by atoms with van der Waals surface area (Å²) >= 11 is 0. The van der Waals surface area contributed by atoms with Gasteiger partial charge in [-0.05, 0) is 71.8 Å². The van der Waals surface area contributed by atoms with Crippen molar-refractivity contribution in [3.63, 3.8) is 0 Å². The van der Waals surface area contributed by atoms with Gasteiger partial charge in [0.15, 0.2) is 0 Å². The summed E-state index contributed by atoms with van der Waals surface area (Å²) in [6.07, 6.45) is 15.5. The predicted octanol–water partition coefficient (Wildman–Crippen LogP) is 1.92. The third-order valence-corrected chi connectivity index (χ3v) is 12.5. The molecule has 5 amide bonds. The van der Waals surface area contributed by atoms with E-state index in [1.165, 1.54) is 51.9 Å². The van der Waals surface area contributed by atoms with Gasteiger partial charge in [-0.1, -0.05) is 77.0 Å². The highest BCUT2D eigenvalue weighted by Gasteiger charge is 2.25. The Labute approximate surface area is 465 Å². The molecule has 0 aliphatic heterocycles. The van der Waals surface area contributed by atoms with Gasteiger partial charge in [0, 0.05) is 45.3 Å². The van der Waals surface area contributed by atoms with E-state index in [0.29, 0.717) is 32.2 Å². The van der Waals surface area contributed by atoms with Crippen LogP contribution in [0, 0.1) is 0 Å². The minimum atomic E-state index is -1.47. The standard InChI is InChI=1S/C53H95N7O19/c1-39(61)40(54-2)19-17-18-28-55-44(62)25-22-42(52(72)73)59-47(65)27-24-43(53(74)75)60-49(67)38-79-36-34-77-32-30-57-48(66)37-78-35-33-76-31-29-56-45(63)26-23-41(51(70)71)58-46(64)20-15-13-11-9-7-5-3-4-6-8-10-12-14-16-21-50(68)69/h40-43,46,54,58,64H,3-38H2,1-2H3,(H,55,62)(H,56,63)(H,57,66)(H,59,65)(H,60,67)(H,68,69)(H,70,71)(H,72,73)(H,74,75)/t40-,41-,42-,43-,46?/m0/s1. The molecule has 0 aromatic rings. The van der Waals surface area contributed by atoms with E-state index in [9.17, 15) is 68.4 Å². The van der Waals surface area contributed by atoms with Crippen molar-refractivity contribution in [2.75, 3.05) is 79.5 Å². The first-order chi connectivity index (χ1) is 37.9. The molecule has 5 atom stereocenters. The quantitative estimate of drug-likeness (QED) is 0.0306. The van der Waals surface area contributed by atoms with Crippen LogP contribution in [0.2, 0.25) is 0 Å². The summed E-state index contributed by atoms with van der Waals surface area (Å²) in [5.41, 5.74) is 0. The fraction of sp³-hybridized carbons (Fsp3) is 0.811. The van der Waals surface area contributed by atoms with Gasteiger partial charge in [-0.2, -0.15) is 0 Å². The first-order valence-corrected chi connectivity index (χ1v) is 28.1. The zero-order valence-electron chi connectivity index (χ0n) is 46.8. The van der Waals surface area contributed by atoms with Crippen LogP contribution in [0.5, 0.6) is 0 Å². The van der Waals surface area contributed by atoms with Crippen LogP contribution in [-0.2, 0) is 66.9 Å². The minimum absolute atomic E-state index is 0.00366. The molecule has 26 nitrogen and oxygen atoms in total. The van der Waals surface area contributed by atoms with E-state index in [1.807, 2.05) is 0 Å². The molecule has 0 bridgehead atoms. The molecule has 0 aromatic heterocycles. The van der Waals surface area contributed by atoms with Crippen LogP contribution < -0.4 is 37.2 Å². The number of rotatable bonds is 56. The Balaban J connectivity index is 3.96. The topological polar surface area (TPSA) is 393 Å². The number of carbonyl (C=O) groups is 10. The lowest BCUT2D eigenvalue weighted by molar-refractivity contribution is -0.144. The number of Topliss-reactive ketones (excluding diaryl/α,β-unsaturated/α-hetero) is 1. The fourth-order valence-electron chi connectivity index (χ4n) is 7.95. The normalized spacial score (nSPS) is 13.1. The number of aliphatic hydroxyl groups is 1. The van der Waals surface area contributed by atoms with Crippen LogP contribution in [0.25, 0.3) is 0 Å². The predicted molar refractivity (Wildman–Crippen MR) is 289 cm³/mol. The van der Waals surface area contributed by atoms with E-state index in [4.69, 9.17) is 24.1 Å². The number of hydrogen-bond donors (Lipinski definition) is 12. The van der Waals surface area contributed by atoms with E-state index in [1.54, 1.807) is 7.05 Å². The number of amides is 5. The van der Waals surface area contributed by atoms with Gasteiger partial charge in [0.1, 0.15) is 43.4 Å². The maximum absolute atomic E-state index is 12.5. The Morgan fingerprint density at radius 2 is 0.772 bits per heavy atom. The van der Waals surface area contributed by atoms with Crippen molar-refractivity contribution in [2.24, 2.45) is 0 Å². The molecule has 12 N–H and O–H groups in total. The number of unbranched alkanes of at least 4 members (excludes halogenated alkanes) is 14. The summed E-state index contributed by atoms with van der Waals surface area (Å²) < 4.78 is 21.2. The highest BCUT2D eigenvalue weighted by Crippen LogP contribution is 2.15.